The fourth-order valence-corrected chi connectivity index (χ4v) is 3.06. The first kappa shape index (κ1) is 20.8. The van der Waals surface area contributed by atoms with Crippen molar-refractivity contribution < 1.29 is 19.1 Å². The van der Waals surface area contributed by atoms with E-state index in [2.05, 4.69) is 10.9 Å². The summed E-state index contributed by atoms with van der Waals surface area (Å²) >= 11 is 7.09. The summed E-state index contributed by atoms with van der Waals surface area (Å²) in [5, 5.41) is 0.501. The maximum Gasteiger partial charge on any atom is 0.316 e. The van der Waals surface area contributed by atoms with Crippen LogP contribution in [0.3, 0.4) is 0 Å². The molecule has 0 atom stereocenters. The van der Waals surface area contributed by atoms with Crippen molar-refractivity contribution in [1.29, 1.82) is 0 Å². The number of carbonyl (C=O) groups excluding carboxylic acids is 3. The Kier molecular flexibility index (Phi) is 7.69. The van der Waals surface area contributed by atoms with Gasteiger partial charge in [0.25, 0.3) is 11.8 Å². The van der Waals surface area contributed by atoms with Gasteiger partial charge in [-0.05, 0) is 49.7 Å². The first-order valence-electron chi connectivity index (χ1n) is 8.05. The smallest absolute Gasteiger partial charge is 0.316 e. The third kappa shape index (κ3) is 6.96. The first-order chi connectivity index (χ1) is 12.8. The normalized spacial score (nSPS) is 10.2. The number of hydrogen-bond acceptors (Lipinski definition) is 5. The maximum atomic E-state index is 11.8. The van der Waals surface area contributed by atoms with Gasteiger partial charge in [-0.3, -0.25) is 25.2 Å². The molecule has 0 aliphatic heterocycles. The molecule has 0 saturated carbocycles. The van der Waals surface area contributed by atoms with Crippen molar-refractivity contribution in [3.05, 3.63) is 64.2 Å². The molecule has 2 N–H and O–H groups in total. The molecular formula is C19H19ClN2O4S. The Labute approximate surface area is 166 Å². The van der Waals surface area contributed by atoms with E-state index in [1.54, 1.807) is 12.1 Å². The van der Waals surface area contributed by atoms with Crippen molar-refractivity contribution in [3.63, 3.8) is 0 Å². The van der Waals surface area contributed by atoms with Crippen molar-refractivity contribution >= 4 is 41.1 Å². The predicted octanol–water partition coefficient (Wildman–Crippen LogP) is 3.05. The van der Waals surface area contributed by atoms with E-state index in [9.17, 15) is 14.4 Å². The van der Waals surface area contributed by atoms with E-state index in [1.807, 2.05) is 32.0 Å². The largest absolute Gasteiger partial charge is 0.455 e. The number of rotatable bonds is 6. The summed E-state index contributed by atoms with van der Waals surface area (Å²) in [7, 11) is 0. The van der Waals surface area contributed by atoms with Crippen LogP contribution >= 0.6 is 23.4 Å². The Bertz CT molecular complexity index is 840. The number of halogens is 1. The van der Waals surface area contributed by atoms with Gasteiger partial charge >= 0.3 is 5.97 Å². The van der Waals surface area contributed by atoms with Gasteiger partial charge in [-0.25, -0.2) is 0 Å². The Morgan fingerprint density at radius 3 is 2.41 bits per heavy atom. The third-order valence-corrected chi connectivity index (χ3v) is 4.86. The summed E-state index contributed by atoms with van der Waals surface area (Å²) in [6.07, 6.45) is 0. The van der Waals surface area contributed by atoms with Gasteiger partial charge in [0.1, 0.15) is 0 Å². The fraction of sp³-hybridized carbons (Fsp3) is 0.211. The minimum atomic E-state index is -0.637. The van der Waals surface area contributed by atoms with E-state index >= 15 is 0 Å². The number of esters is 1. The molecule has 0 spiro atoms. The van der Waals surface area contributed by atoms with Gasteiger partial charge in [-0.15, -0.1) is 11.8 Å². The van der Waals surface area contributed by atoms with Gasteiger partial charge in [0.2, 0.25) is 0 Å². The summed E-state index contributed by atoms with van der Waals surface area (Å²) in [6, 6.07) is 12.1. The molecule has 0 aliphatic rings. The number of ether oxygens (including phenoxy) is 1. The molecule has 0 unspecified atom stereocenters. The van der Waals surface area contributed by atoms with Crippen molar-refractivity contribution in [1.82, 2.24) is 10.9 Å². The Balaban J connectivity index is 1.69. The Morgan fingerprint density at radius 2 is 1.74 bits per heavy atom. The van der Waals surface area contributed by atoms with Crippen LogP contribution < -0.4 is 10.9 Å². The summed E-state index contributed by atoms with van der Waals surface area (Å²) in [5.74, 6) is -1.56. The van der Waals surface area contributed by atoms with E-state index in [0.29, 0.717) is 10.6 Å². The molecule has 2 amide bonds. The fourth-order valence-electron chi connectivity index (χ4n) is 2.12. The number of thioether (sulfide) groups is 1. The number of amides is 2. The highest BCUT2D eigenvalue weighted by atomic mass is 35.5. The second kappa shape index (κ2) is 9.99. The number of hydrogen-bond donors (Lipinski definition) is 2. The zero-order chi connectivity index (χ0) is 19.8. The standard InChI is InChI=1S/C19H19ClN2O4S/c1-12-3-8-16(13(2)9-12)27-11-18(24)26-10-17(23)21-22-19(25)14-4-6-15(20)7-5-14/h3-9H,10-11H2,1-2H3,(H,21,23)(H,22,25). The molecule has 142 valence electrons. The summed E-state index contributed by atoms with van der Waals surface area (Å²) in [4.78, 5) is 36.3. The highest BCUT2D eigenvalue weighted by Crippen LogP contribution is 2.23. The van der Waals surface area contributed by atoms with Crippen molar-refractivity contribution in [2.75, 3.05) is 12.4 Å². The highest BCUT2D eigenvalue weighted by molar-refractivity contribution is 8.00. The van der Waals surface area contributed by atoms with Crippen molar-refractivity contribution in [3.8, 4) is 0 Å². The minimum absolute atomic E-state index is 0.0916. The van der Waals surface area contributed by atoms with Crippen LogP contribution in [0.2, 0.25) is 5.02 Å². The third-order valence-electron chi connectivity index (χ3n) is 3.46. The van der Waals surface area contributed by atoms with Crippen LogP contribution in [0.4, 0.5) is 0 Å². The van der Waals surface area contributed by atoms with Gasteiger partial charge < -0.3 is 4.74 Å². The molecule has 0 bridgehead atoms. The molecule has 0 saturated heterocycles. The molecule has 2 aromatic rings. The molecule has 6 nitrogen and oxygen atoms in total. The van der Waals surface area contributed by atoms with Crippen LogP contribution in [-0.2, 0) is 14.3 Å². The zero-order valence-electron chi connectivity index (χ0n) is 14.9. The molecule has 2 rings (SSSR count). The van der Waals surface area contributed by atoms with Crippen molar-refractivity contribution in [2.45, 2.75) is 18.7 Å². The molecule has 0 heterocycles. The highest BCUT2D eigenvalue weighted by Gasteiger charge is 2.11. The number of carbonyl (C=O) groups is 3. The molecule has 27 heavy (non-hydrogen) atoms. The molecule has 2 aromatic carbocycles. The molecule has 0 aromatic heterocycles. The second-order valence-electron chi connectivity index (χ2n) is 5.73. The van der Waals surface area contributed by atoms with Crippen LogP contribution in [0.1, 0.15) is 21.5 Å². The average molecular weight is 407 g/mol. The topological polar surface area (TPSA) is 84.5 Å². The predicted molar refractivity (Wildman–Crippen MR) is 105 cm³/mol. The molecule has 0 fully saturated rings. The molecular weight excluding hydrogens is 388 g/mol. The van der Waals surface area contributed by atoms with Crippen LogP contribution in [0, 0.1) is 13.8 Å². The Morgan fingerprint density at radius 1 is 1.04 bits per heavy atom. The number of aryl methyl sites for hydroxylation is 2. The lowest BCUT2D eigenvalue weighted by Gasteiger charge is -2.09. The van der Waals surface area contributed by atoms with Crippen LogP contribution in [-0.4, -0.2) is 30.1 Å². The lowest BCUT2D eigenvalue weighted by atomic mass is 10.2. The SMILES string of the molecule is Cc1ccc(SCC(=O)OCC(=O)NNC(=O)c2ccc(Cl)cc2)c(C)c1. The van der Waals surface area contributed by atoms with Gasteiger partial charge in [-0.1, -0.05) is 29.3 Å². The minimum Gasteiger partial charge on any atom is -0.455 e. The van der Waals surface area contributed by atoms with Crippen molar-refractivity contribution in [2.24, 2.45) is 0 Å². The van der Waals surface area contributed by atoms with E-state index < -0.39 is 24.4 Å². The second-order valence-corrected chi connectivity index (χ2v) is 7.18. The monoisotopic (exact) mass is 406 g/mol. The zero-order valence-corrected chi connectivity index (χ0v) is 16.4. The van der Waals surface area contributed by atoms with Crippen LogP contribution in [0.5, 0.6) is 0 Å². The van der Waals surface area contributed by atoms with E-state index in [4.69, 9.17) is 16.3 Å². The van der Waals surface area contributed by atoms with E-state index in [-0.39, 0.29) is 5.75 Å². The van der Waals surface area contributed by atoms with Gasteiger partial charge in [0.05, 0.1) is 5.75 Å². The number of hydrazine groups is 1. The quantitative estimate of drug-likeness (QED) is 0.437. The average Bonchev–Trinajstić information content (AvgIpc) is 2.64. The number of nitrogens with one attached hydrogen (secondary N) is 2. The summed E-state index contributed by atoms with van der Waals surface area (Å²) in [6.45, 7) is 3.49. The number of benzene rings is 2. The van der Waals surface area contributed by atoms with Crippen LogP contribution in [0.15, 0.2) is 47.4 Å². The summed E-state index contributed by atoms with van der Waals surface area (Å²) in [5.41, 5.74) is 6.98. The van der Waals surface area contributed by atoms with E-state index in [1.165, 1.54) is 23.9 Å². The summed E-state index contributed by atoms with van der Waals surface area (Å²) < 4.78 is 4.90. The maximum absolute atomic E-state index is 11.8. The first-order valence-corrected chi connectivity index (χ1v) is 9.42. The Hall–Kier alpha value is -2.51. The lowest BCUT2D eigenvalue weighted by Crippen LogP contribution is -2.43. The molecule has 8 heteroatoms. The van der Waals surface area contributed by atoms with Crippen LogP contribution in [0.25, 0.3) is 0 Å². The van der Waals surface area contributed by atoms with Gasteiger partial charge in [0.15, 0.2) is 6.61 Å². The molecule has 0 radical (unpaired) electrons. The molecule has 0 aliphatic carbocycles. The van der Waals surface area contributed by atoms with Gasteiger partial charge in [-0.2, -0.15) is 0 Å². The van der Waals surface area contributed by atoms with Gasteiger partial charge in [0, 0.05) is 15.5 Å². The van der Waals surface area contributed by atoms with E-state index in [0.717, 1.165) is 16.0 Å². The lowest BCUT2D eigenvalue weighted by molar-refractivity contribution is -0.146.